The van der Waals surface area contributed by atoms with E-state index in [1.807, 2.05) is 97.1 Å². The Labute approximate surface area is 265 Å². The zero-order valence-corrected chi connectivity index (χ0v) is 24.6. The number of fused-ring (bicyclic) bond motifs is 2. The van der Waals surface area contributed by atoms with Crippen LogP contribution >= 0.6 is 0 Å². The minimum Gasteiger partial charge on any atom is -0.506 e. The van der Waals surface area contributed by atoms with Crippen LogP contribution < -0.4 is 20.9 Å². The Morgan fingerprint density at radius 3 is 1.76 bits per heavy atom. The van der Waals surface area contributed by atoms with E-state index in [1.165, 1.54) is 12.1 Å². The number of nitrogens with two attached hydrogens (primary N) is 2. The molecule has 6 heteroatoms. The van der Waals surface area contributed by atoms with Gasteiger partial charge in [0.15, 0.2) is 5.75 Å². The maximum Gasteiger partial charge on any atom is 0.151 e. The number of aromatic hydroxyl groups is 2. The van der Waals surface area contributed by atoms with E-state index in [2.05, 4.69) is 11.8 Å². The van der Waals surface area contributed by atoms with E-state index in [-0.39, 0.29) is 22.9 Å². The molecule has 0 atom stereocenters. The first-order valence-electron chi connectivity index (χ1n) is 14.6. The van der Waals surface area contributed by atoms with Gasteiger partial charge in [-0.15, -0.1) is 0 Å². The van der Waals surface area contributed by atoms with Gasteiger partial charge in [0, 0.05) is 28.8 Å². The fraction of sp³-hybridized carbons (Fsp3) is 0. The predicted octanol–water partition coefficient (Wildman–Crippen LogP) is 9.22. The Kier molecular flexibility index (Phi) is 7.26. The molecule has 0 fully saturated rings. The van der Waals surface area contributed by atoms with Crippen LogP contribution in [0.3, 0.4) is 0 Å². The van der Waals surface area contributed by atoms with Crippen molar-refractivity contribution in [2.45, 2.75) is 0 Å². The van der Waals surface area contributed by atoms with Crippen molar-refractivity contribution in [2.75, 3.05) is 11.5 Å². The molecule has 0 radical (unpaired) electrons. The molecule has 0 saturated heterocycles. The Balaban J connectivity index is 1.56. The van der Waals surface area contributed by atoms with Crippen molar-refractivity contribution >= 4 is 32.9 Å². The lowest BCUT2D eigenvalue weighted by atomic mass is 9.90. The van der Waals surface area contributed by atoms with Crippen LogP contribution in [-0.2, 0) is 0 Å². The molecule has 7 aromatic carbocycles. The lowest BCUT2D eigenvalue weighted by molar-refractivity contribution is 0.465. The molecule has 0 aliphatic carbocycles. The van der Waals surface area contributed by atoms with Gasteiger partial charge in [-0.05, 0) is 70.1 Å². The fourth-order valence-corrected chi connectivity index (χ4v) is 5.47. The van der Waals surface area contributed by atoms with Crippen molar-refractivity contribution < 1.29 is 19.7 Å². The van der Waals surface area contributed by atoms with Crippen molar-refractivity contribution in [1.29, 1.82) is 0 Å². The number of nitrogen functional groups attached to an aromatic ring is 2. The molecule has 222 valence electrons. The van der Waals surface area contributed by atoms with Crippen molar-refractivity contribution in [3.8, 4) is 57.5 Å². The fourth-order valence-electron chi connectivity index (χ4n) is 5.47. The van der Waals surface area contributed by atoms with Gasteiger partial charge in [0.2, 0.25) is 0 Å². The second kappa shape index (κ2) is 11.8. The molecule has 0 saturated carbocycles. The number of rotatable bonds is 5. The molecule has 6 N–H and O–H groups in total. The summed E-state index contributed by atoms with van der Waals surface area (Å²) in [5.41, 5.74) is 15.6. The van der Waals surface area contributed by atoms with Crippen LogP contribution in [0.5, 0.6) is 34.5 Å². The number of anilines is 2. The highest BCUT2D eigenvalue weighted by Gasteiger charge is 2.23. The third-order valence-electron chi connectivity index (χ3n) is 7.70. The molecule has 0 spiro atoms. The molecule has 0 heterocycles. The predicted molar refractivity (Wildman–Crippen MR) is 184 cm³/mol. The van der Waals surface area contributed by atoms with Crippen molar-refractivity contribution in [3.05, 3.63) is 145 Å². The van der Waals surface area contributed by atoms with Crippen molar-refractivity contribution in [2.24, 2.45) is 0 Å². The Morgan fingerprint density at radius 2 is 1.09 bits per heavy atom. The Morgan fingerprint density at radius 1 is 0.500 bits per heavy atom. The van der Waals surface area contributed by atoms with Gasteiger partial charge < -0.3 is 31.2 Å². The lowest BCUT2D eigenvalue weighted by Crippen LogP contribution is -1.98. The minimum absolute atomic E-state index is 0.0226. The second-order valence-electron chi connectivity index (χ2n) is 10.8. The molecule has 0 bridgehead atoms. The molecule has 7 aromatic rings. The first-order chi connectivity index (χ1) is 22.4. The molecule has 0 amide bonds. The topological polar surface area (TPSA) is 111 Å². The summed E-state index contributed by atoms with van der Waals surface area (Å²) in [4.78, 5) is 0. The van der Waals surface area contributed by atoms with Gasteiger partial charge in [0.1, 0.15) is 28.7 Å². The van der Waals surface area contributed by atoms with E-state index in [4.69, 9.17) is 20.9 Å². The van der Waals surface area contributed by atoms with Gasteiger partial charge in [0.25, 0.3) is 0 Å². The summed E-state index contributed by atoms with van der Waals surface area (Å²) < 4.78 is 13.2. The first kappa shape index (κ1) is 28.2. The van der Waals surface area contributed by atoms with E-state index >= 15 is 0 Å². The molecule has 0 unspecified atom stereocenters. The van der Waals surface area contributed by atoms with Gasteiger partial charge in [-0.1, -0.05) is 84.6 Å². The van der Waals surface area contributed by atoms with E-state index in [0.29, 0.717) is 28.6 Å². The Bertz CT molecular complexity index is 2320. The van der Waals surface area contributed by atoms with Crippen LogP contribution in [0.1, 0.15) is 11.1 Å². The third kappa shape index (κ3) is 5.45. The van der Waals surface area contributed by atoms with Crippen molar-refractivity contribution in [3.63, 3.8) is 0 Å². The van der Waals surface area contributed by atoms with Gasteiger partial charge in [-0.3, -0.25) is 0 Å². The number of phenolic OH excluding ortho intramolecular Hbond substituents is 2. The van der Waals surface area contributed by atoms with E-state index < -0.39 is 0 Å². The lowest BCUT2D eigenvalue weighted by Gasteiger charge is -2.21. The molecule has 0 aliphatic heterocycles. The molecule has 6 nitrogen and oxygen atoms in total. The van der Waals surface area contributed by atoms with Crippen LogP contribution in [0.25, 0.3) is 32.7 Å². The summed E-state index contributed by atoms with van der Waals surface area (Å²) in [6, 6.07) is 41.3. The normalized spacial score (nSPS) is 10.8. The standard InChI is InChI=1S/C40H28N2O4/c41-33-23-29(17-19-35(33)43)45-37-21-16-26-10-4-6-12-31(26)38(37)39-32-13-7-5-11-27(32)22-28(15-14-25-8-2-1-3-9-25)40(39)46-30-18-20-36(44)34(42)24-30/h1-13,16-24,43-44H,41-42H2. The molecule has 0 aromatic heterocycles. The van der Waals surface area contributed by atoms with Gasteiger partial charge in [-0.2, -0.15) is 0 Å². The summed E-state index contributed by atoms with van der Waals surface area (Å²) in [7, 11) is 0. The molecule has 0 aliphatic rings. The summed E-state index contributed by atoms with van der Waals surface area (Å²) >= 11 is 0. The quantitative estimate of drug-likeness (QED) is 0.0890. The monoisotopic (exact) mass is 600 g/mol. The van der Waals surface area contributed by atoms with E-state index in [1.54, 1.807) is 24.3 Å². The largest absolute Gasteiger partial charge is 0.506 e. The van der Waals surface area contributed by atoms with Gasteiger partial charge in [0.05, 0.1) is 16.9 Å². The zero-order chi connectivity index (χ0) is 31.6. The van der Waals surface area contributed by atoms with Crippen LogP contribution in [0.4, 0.5) is 11.4 Å². The number of phenols is 2. The average molecular weight is 601 g/mol. The Hall–Kier alpha value is -6.58. The van der Waals surface area contributed by atoms with Crippen LogP contribution in [0, 0.1) is 11.8 Å². The highest BCUT2D eigenvalue weighted by molar-refractivity contribution is 6.11. The maximum absolute atomic E-state index is 10.1. The van der Waals surface area contributed by atoms with E-state index in [0.717, 1.165) is 38.2 Å². The number of benzene rings is 7. The summed E-state index contributed by atoms with van der Waals surface area (Å²) in [6.45, 7) is 0. The average Bonchev–Trinajstić information content (AvgIpc) is 3.08. The summed E-state index contributed by atoms with van der Waals surface area (Å²) in [6.07, 6.45) is 0. The van der Waals surface area contributed by atoms with Crippen LogP contribution in [-0.4, -0.2) is 10.2 Å². The van der Waals surface area contributed by atoms with E-state index in [9.17, 15) is 10.2 Å². The molecular formula is C40H28N2O4. The summed E-state index contributed by atoms with van der Waals surface area (Å²) in [5.74, 6) is 8.55. The van der Waals surface area contributed by atoms with Gasteiger partial charge >= 0.3 is 0 Å². The third-order valence-corrected chi connectivity index (χ3v) is 7.70. The minimum atomic E-state index is -0.0342. The van der Waals surface area contributed by atoms with Crippen molar-refractivity contribution in [1.82, 2.24) is 0 Å². The van der Waals surface area contributed by atoms with Crippen LogP contribution in [0.15, 0.2) is 133 Å². The molecule has 7 rings (SSSR count). The maximum atomic E-state index is 10.1. The number of hydrogen-bond donors (Lipinski definition) is 4. The van der Waals surface area contributed by atoms with Crippen LogP contribution in [0.2, 0.25) is 0 Å². The number of ether oxygens (including phenoxy) is 2. The smallest absolute Gasteiger partial charge is 0.151 e. The molecule has 46 heavy (non-hydrogen) atoms. The zero-order valence-electron chi connectivity index (χ0n) is 24.6. The molecular weight excluding hydrogens is 572 g/mol. The SMILES string of the molecule is Nc1cc(Oc2ccc3ccccc3c2-c2c(Oc3ccc(O)c(N)c3)c(C#Cc3ccccc3)cc3ccccc23)ccc1O. The highest BCUT2D eigenvalue weighted by Crippen LogP contribution is 2.49. The van der Waals surface area contributed by atoms with Gasteiger partial charge in [-0.25, -0.2) is 0 Å². The highest BCUT2D eigenvalue weighted by atomic mass is 16.5. The number of hydrogen-bond acceptors (Lipinski definition) is 6. The first-order valence-corrected chi connectivity index (χ1v) is 14.6. The summed E-state index contributed by atoms with van der Waals surface area (Å²) in [5, 5.41) is 24.0. The second-order valence-corrected chi connectivity index (χ2v) is 10.8.